The fraction of sp³-hybridized carbons (Fsp3) is 0.300. The first kappa shape index (κ1) is 18.9. The van der Waals surface area contributed by atoms with Gasteiger partial charge >= 0.3 is 0 Å². The molecule has 0 saturated carbocycles. The quantitative estimate of drug-likeness (QED) is 0.706. The maximum absolute atomic E-state index is 12.8. The standard InChI is InChI=1S/C20H22N6O3/c1-15-11-18(23-29-15)22-19(27)14-24-7-9-25(10-8-24)20(28)16-12-21-26(13-16)17-5-3-2-4-6-17/h2-6,11-13H,7-10,14H2,1H3,(H,22,23,27). The molecule has 0 aliphatic carbocycles. The molecule has 9 heteroatoms. The second-order valence-corrected chi connectivity index (χ2v) is 6.95. The van der Waals surface area contributed by atoms with Gasteiger partial charge in [-0.15, -0.1) is 0 Å². The van der Waals surface area contributed by atoms with Gasteiger partial charge in [0.15, 0.2) is 5.82 Å². The van der Waals surface area contributed by atoms with Crippen LogP contribution < -0.4 is 5.32 Å². The van der Waals surface area contributed by atoms with Gasteiger partial charge in [0.1, 0.15) is 5.76 Å². The maximum Gasteiger partial charge on any atom is 0.257 e. The van der Waals surface area contributed by atoms with Crippen molar-refractivity contribution in [2.45, 2.75) is 6.92 Å². The summed E-state index contributed by atoms with van der Waals surface area (Å²) in [6.07, 6.45) is 3.34. The summed E-state index contributed by atoms with van der Waals surface area (Å²) in [5, 5.41) is 10.8. The van der Waals surface area contributed by atoms with E-state index in [4.69, 9.17) is 4.52 Å². The molecule has 1 saturated heterocycles. The number of nitrogens with zero attached hydrogens (tertiary/aromatic N) is 5. The summed E-state index contributed by atoms with van der Waals surface area (Å²) < 4.78 is 6.63. The van der Waals surface area contributed by atoms with Gasteiger partial charge in [-0.2, -0.15) is 5.10 Å². The van der Waals surface area contributed by atoms with Crippen LogP contribution in [0.4, 0.5) is 5.82 Å². The van der Waals surface area contributed by atoms with Gasteiger partial charge in [-0.25, -0.2) is 4.68 Å². The molecule has 2 aromatic heterocycles. The summed E-state index contributed by atoms with van der Waals surface area (Å²) in [6, 6.07) is 11.3. The van der Waals surface area contributed by atoms with Gasteiger partial charge < -0.3 is 14.7 Å². The van der Waals surface area contributed by atoms with Gasteiger partial charge in [0.05, 0.1) is 24.0 Å². The first-order chi connectivity index (χ1) is 14.1. The number of nitrogens with one attached hydrogen (secondary N) is 1. The topological polar surface area (TPSA) is 96.5 Å². The van der Waals surface area contributed by atoms with Gasteiger partial charge in [-0.05, 0) is 19.1 Å². The molecular weight excluding hydrogens is 372 g/mol. The Balaban J connectivity index is 1.28. The molecule has 1 fully saturated rings. The number of hydrogen-bond acceptors (Lipinski definition) is 6. The minimum Gasteiger partial charge on any atom is -0.360 e. The summed E-state index contributed by atoms with van der Waals surface area (Å²) >= 11 is 0. The highest BCUT2D eigenvalue weighted by Gasteiger charge is 2.24. The maximum atomic E-state index is 12.8. The lowest BCUT2D eigenvalue weighted by Gasteiger charge is -2.34. The van der Waals surface area contributed by atoms with Crippen LogP contribution in [-0.4, -0.2) is 69.3 Å². The number of aromatic nitrogens is 3. The molecule has 2 amide bonds. The third-order valence-corrected chi connectivity index (χ3v) is 4.77. The highest BCUT2D eigenvalue weighted by molar-refractivity contribution is 5.94. The lowest BCUT2D eigenvalue weighted by molar-refractivity contribution is -0.117. The smallest absolute Gasteiger partial charge is 0.257 e. The van der Waals surface area contributed by atoms with Crippen LogP contribution in [0.2, 0.25) is 0 Å². The molecule has 150 valence electrons. The molecule has 4 rings (SSSR count). The first-order valence-corrected chi connectivity index (χ1v) is 9.43. The second kappa shape index (κ2) is 8.27. The lowest BCUT2D eigenvalue weighted by atomic mass is 10.2. The van der Waals surface area contributed by atoms with Gasteiger partial charge in [0, 0.05) is 38.4 Å². The predicted octanol–water partition coefficient (Wildman–Crippen LogP) is 1.57. The fourth-order valence-electron chi connectivity index (χ4n) is 3.26. The molecule has 0 bridgehead atoms. The van der Waals surface area contributed by atoms with Gasteiger partial charge in [-0.3, -0.25) is 14.5 Å². The average Bonchev–Trinajstić information content (AvgIpc) is 3.38. The molecule has 3 heterocycles. The van der Waals surface area contributed by atoms with Crippen molar-refractivity contribution in [1.29, 1.82) is 0 Å². The number of piperazine rings is 1. The van der Waals surface area contributed by atoms with Gasteiger partial charge in [0.2, 0.25) is 5.91 Å². The Kier molecular flexibility index (Phi) is 5.39. The van der Waals surface area contributed by atoms with Crippen molar-refractivity contribution in [1.82, 2.24) is 24.7 Å². The summed E-state index contributed by atoms with van der Waals surface area (Å²) in [6.45, 7) is 4.40. The Hall–Kier alpha value is -3.46. The Morgan fingerprint density at radius 1 is 1.14 bits per heavy atom. The van der Waals surface area contributed by atoms with E-state index >= 15 is 0 Å². The third-order valence-electron chi connectivity index (χ3n) is 4.77. The number of hydrogen-bond donors (Lipinski definition) is 1. The zero-order valence-corrected chi connectivity index (χ0v) is 16.1. The number of rotatable bonds is 5. The van der Waals surface area contributed by atoms with E-state index < -0.39 is 0 Å². The van der Waals surface area contributed by atoms with Crippen LogP contribution in [0.3, 0.4) is 0 Å². The summed E-state index contributed by atoms with van der Waals surface area (Å²) in [7, 11) is 0. The lowest BCUT2D eigenvalue weighted by Crippen LogP contribution is -2.50. The van der Waals surface area contributed by atoms with Crippen molar-refractivity contribution in [3.8, 4) is 5.69 Å². The Bertz CT molecular complexity index is 989. The van der Waals surface area contributed by atoms with Gasteiger partial charge in [-0.1, -0.05) is 23.4 Å². The van der Waals surface area contributed by atoms with Crippen LogP contribution in [0, 0.1) is 6.92 Å². The van der Waals surface area contributed by atoms with Crippen LogP contribution in [0.25, 0.3) is 5.69 Å². The molecule has 1 aliphatic heterocycles. The average molecular weight is 394 g/mol. The predicted molar refractivity (Wildman–Crippen MR) is 106 cm³/mol. The molecule has 0 radical (unpaired) electrons. The number of benzene rings is 1. The highest BCUT2D eigenvalue weighted by Crippen LogP contribution is 2.12. The molecule has 1 N–H and O–H groups in total. The van der Waals surface area contributed by atoms with E-state index in [0.717, 1.165) is 5.69 Å². The van der Waals surface area contributed by atoms with Gasteiger partial charge in [0.25, 0.3) is 5.91 Å². The number of amides is 2. The molecule has 3 aromatic rings. The van der Waals surface area contributed by atoms with Crippen molar-refractivity contribution >= 4 is 17.6 Å². The summed E-state index contributed by atoms with van der Waals surface area (Å²) in [5.74, 6) is 0.858. The van der Waals surface area contributed by atoms with Crippen LogP contribution >= 0.6 is 0 Å². The molecule has 29 heavy (non-hydrogen) atoms. The van der Waals surface area contributed by atoms with E-state index in [0.29, 0.717) is 43.3 Å². The normalized spacial score (nSPS) is 14.7. The SMILES string of the molecule is Cc1cc(NC(=O)CN2CCN(C(=O)c3cnn(-c4ccccc4)c3)CC2)no1. The van der Waals surface area contributed by atoms with Crippen LogP contribution in [0.1, 0.15) is 16.1 Å². The molecule has 0 atom stereocenters. The largest absolute Gasteiger partial charge is 0.360 e. The number of carbonyl (C=O) groups is 2. The summed E-state index contributed by atoms with van der Waals surface area (Å²) in [4.78, 5) is 28.7. The Morgan fingerprint density at radius 3 is 2.59 bits per heavy atom. The minimum atomic E-state index is -0.151. The number of para-hydroxylation sites is 1. The van der Waals surface area contributed by atoms with E-state index in [1.165, 1.54) is 0 Å². The number of aryl methyl sites for hydroxylation is 1. The Morgan fingerprint density at radius 2 is 1.90 bits per heavy atom. The van der Waals surface area contributed by atoms with Crippen LogP contribution in [0.5, 0.6) is 0 Å². The second-order valence-electron chi connectivity index (χ2n) is 6.95. The monoisotopic (exact) mass is 394 g/mol. The van der Waals surface area contributed by atoms with Crippen molar-refractivity contribution < 1.29 is 14.1 Å². The third kappa shape index (κ3) is 4.52. The van der Waals surface area contributed by atoms with Crippen molar-refractivity contribution in [3.05, 3.63) is 60.1 Å². The minimum absolute atomic E-state index is 0.0469. The van der Waals surface area contributed by atoms with Crippen molar-refractivity contribution in [3.63, 3.8) is 0 Å². The molecule has 1 aromatic carbocycles. The highest BCUT2D eigenvalue weighted by atomic mass is 16.5. The first-order valence-electron chi connectivity index (χ1n) is 9.43. The van der Waals surface area contributed by atoms with E-state index in [-0.39, 0.29) is 18.4 Å². The van der Waals surface area contributed by atoms with Crippen LogP contribution in [-0.2, 0) is 4.79 Å². The van der Waals surface area contributed by atoms with E-state index in [1.807, 2.05) is 35.2 Å². The number of carbonyl (C=O) groups excluding carboxylic acids is 2. The van der Waals surface area contributed by atoms with E-state index in [1.54, 1.807) is 35.0 Å². The van der Waals surface area contributed by atoms with Crippen molar-refractivity contribution in [2.75, 3.05) is 38.0 Å². The molecule has 0 spiro atoms. The molecule has 9 nitrogen and oxygen atoms in total. The molecule has 1 aliphatic rings. The number of anilines is 1. The van der Waals surface area contributed by atoms with Crippen molar-refractivity contribution in [2.24, 2.45) is 0 Å². The fourth-order valence-corrected chi connectivity index (χ4v) is 3.26. The van der Waals surface area contributed by atoms with E-state index in [9.17, 15) is 9.59 Å². The zero-order chi connectivity index (χ0) is 20.2. The molecular formula is C20H22N6O3. The molecule has 0 unspecified atom stereocenters. The van der Waals surface area contributed by atoms with Crippen LogP contribution in [0.15, 0.2) is 53.3 Å². The summed E-state index contributed by atoms with van der Waals surface area (Å²) in [5.41, 5.74) is 1.46. The van der Waals surface area contributed by atoms with E-state index in [2.05, 4.69) is 15.6 Å². The Labute approximate surface area is 167 Å². The zero-order valence-electron chi connectivity index (χ0n) is 16.1.